The highest BCUT2D eigenvalue weighted by molar-refractivity contribution is 5.88. The highest BCUT2D eigenvalue weighted by Gasteiger charge is 2.33. The van der Waals surface area contributed by atoms with Gasteiger partial charge in [0.2, 0.25) is 17.7 Å². The Balaban J connectivity index is 0. The molecule has 0 aromatic heterocycles. The van der Waals surface area contributed by atoms with Crippen molar-refractivity contribution >= 4 is 17.7 Å². The van der Waals surface area contributed by atoms with E-state index in [9.17, 15) is 14.4 Å². The molecule has 0 aromatic carbocycles. The van der Waals surface area contributed by atoms with E-state index in [0.29, 0.717) is 19.4 Å². The van der Waals surface area contributed by atoms with Crippen LogP contribution in [-0.2, 0) is 19.1 Å². The number of nitrogens with one attached hydrogen (secondary N) is 1. The van der Waals surface area contributed by atoms with Gasteiger partial charge in [0.15, 0.2) is 0 Å². The molecule has 1 saturated heterocycles. The first kappa shape index (κ1) is 25.6. The minimum atomic E-state index is -0.429. The fourth-order valence-electron chi connectivity index (χ4n) is 2.22. The van der Waals surface area contributed by atoms with Crippen LogP contribution < -0.4 is 11.1 Å². The van der Waals surface area contributed by atoms with E-state index in [0.717, 1.165) is 6.42 Å². The number of likely N-dealkylation sites (tertiary alicyclic amines) is 1. The summed E-state index contributed by atoms with van der Waals surface area (Å²) >= 11 is 0. The van der Waals surface area contributed by atoms with Gasteiger partial charge in [-0.3, -0.25) is 14.4 Å². The number of amides is 3. The number of ether oxygens (including phenoxy) is 1. The van der Waals surface area contributed by atoms with Crippen molar-refractivity contribution in [2.45, 2.75) is 72.8 Å². The number of carbonyl (C=O) groups excluding carboxylic acids is 3. The minimum Gasteiger partial charge on any atom is -0.369 e. The van der Waals surface area contributed by atoms with Gasteiger partial charge in [-0.25, -0.2) is 0 Å². The number of carbonyl (C=O) groups is 3. The molecule has 1 heterocycles. The molecule has 0 saturated carbocycles. The molecule has 1 aliphatic rings. The fraction of sp³-hybridized carbons (Fsp3) is 0.833. The van der Waals surface area contributed by atoms with E-state index in [2.05, 4.69) is 19.2 Å². The second-order valence-corrected chi connectivity index (χ2v) is 5.77. The first-order valence-electron chi connectivity index (χ1n) is 9.24. The summed E-state index contributed by atoms with van der Waals surface area (Å²) in [4.78, 5) is 36.6. The van der Waals surface area contributed by atoms with E-state index >= 15 is 0 Å². The number of methoxy groups -OCH3 is 1. The third-order valence-corrected chi connectivity index (χ3v) is 3.54. The lowest BCUT2D eigenvalue weighted by Gasteiger charge is -2.24. The summed E-state index contributed by atoms with van der Waals surface area (Å²) in [5.74, 6) is -1.04. The third-order valence-electron chi connectivity index (χ3n) is 3.54. The van der Waals surface area contributed by atoms with Gasteiger partial charge in [0.25, 0.3) is 0 Å². The first-order chi connectivity index (χ1) is 11.9. The Morgan fingerprint density at radius 2 is 1.84 bits per heavy atom. The smallest absolute Gasteiger partial charge is 0.244 e. The Morgan fingerprint density at radius 3 is 2.32 bits per heavy atom. The molecule has 3 N–H and O–H groups in total. The van der Waals surface area contributed by atoms with E-state index in [1.54, 1.807) is 11.8 Å². The Hall–Kier alpha value is -1.63. The number of rotatable bonds is 7. The van der Waals surface area contributed by atoms with Gasteiger partial charge in [-0.2, -0.15) is 0 Å². The van der Waals surface area contributed by atoms with E-state index in [-0.39, 0.29) is 30.9 Å². The van der Waals surface area contributed by atoms with Gasteiger partial charge in [-0.05, 0) is 19.3 Å². The van der Waals surface area contributed by atoms with Crippen LogP contribution in [-0.4, -0.2) is 49.0 Å². The van der Waals surface area contributed by atoms with Crippen LogP contribution >= 0.6 is 0 Å². The van der Waals surface area contributed by atoms with Crippen molar-refractivity contribution in [3.8, 4) is 0 Å². The first-order valence-corrected chi connectivity index (χ1v) is 9.24. The molecule has 25 heavy (non-hydrogen) atoms. The SMILES string of the molecule is CC.CCC.COCNC(=O)C1CCCN1C(=O)CCC(C)C(N)=O. The minimum absolute atomic E-state index is 0.104. The maximum absolute atomic E-state index is 12.1. The molecular weight excluding hydrogens is 322 g/mol. The van der Waals surface area contributed by atoms with E-state index < -0.39 is 11.9 Å². The van der Waals surface area contributed by atoms with Crippen LogP contribution in [0.15, 0.2) is 0 Å². The van der Waals surface area contributed by atoms with Crippen LogP contribution in [0, 0.1) is 5.92 Å². The van der Waals surface area contributed by atoms with Crippen molar-refractivity contribution in [3.63, 3.8) is 0 Å². The predicted molar refractivity (Wildman–Crippen MR) is 99.7 cm³/mol. The quantitative estimate of drug-likeness (QED) is 0.679. The van der Waals surface area contributed by atoms with Crippen LogP contribution in [0.4, 0.5) is 0 Å². The molecule has 7 nitrogen and oxygen atoms in total. The highest BCUT2D eigenvalue weighted by Crippen LogP contribution is 2.19. The molecule has 3 amide bonds. The topological polar surface area (TPSA) is 102 Å². The zero-order valence-corrected chi connectivity index (χ0v) is 16.8. The average Bonchev–Trinajstić information content (AvgIpc) is 3.09. The van der Waals surface area contributed by atoms with Gasteiger partial charge in [-0.15, -0.1) is 0 Å². The number of primary amides is 1. The van der Waals surface area contributed by atoms with Crippen molar-refractivity contribution < 1.29 is 19.1 Å². The number of hydrogen-bond donors (Lipinski definition) is 2. The summed E-state index contributed by atoms with van der Waals surface area (Å²) in [5, 5.41) is 2.61. The predicted octanol–water partition coefficient (Wildman–Crippen LogP) is 2.04. The van der Waals surface area contributed by atoms with Crippen LogP contribution in [0.2, 0.25) is 0 Å². The maximum atomic E-state index is 12.1. The van der Waals surface area contributed by atoms with Gasteiger partial charge >= 0.3 is 0 Å². The Morgan fingerprint density at radius 1 is 1.28 bits per heavy atom. The monoisotopic (exact) mass is 359 g/mol. The summed E-state index contributed by atoms with van der Waals surface area (Å²) in [6.45, 7) is 10.7. The lowest BCUT2D eigenvalue weighted by atomic mass is 10.0. The maximum Gasteiger partial charge on any atom is 0.244 e. The lowest BCUT2D eigenvalue weighted by Crippen LogP contribution is -2.46. The largest absolute Gasteiger partial charge is 0.369 e. The van der Waals surface area contributed by atoms with Gasteiger partial charge in [0.05, 0.1) is 0 Å². The molecule has 0 spiro atoms. The lowest BCUT2D eigenvalue weighted by molar-refractivity contribution is -0.139. The average molecular weight is 360 g/mol. The number of hydrogen-bond acceptors (Lipinski definition) is 4. The fourth-order valence-corrected chi connectivity index (χ4v) is 2.22. The van der Waals surface area contributed by atoms with Crippen LogP contribution in [0.1, 0.15) is 66.7 Å². The van der Waals surface area contributed by atoms with Gasteiger partial charge in [0, 0.05) is 26.0 Å². The van der Waals surface area contributed by atoms with Crippen molar-refractivity contribution in [1.82, 2.24) is 10.2 Å². The van der Waals surface area contributed by atoms with Crippen molar-refractivity contribution in [2.24, 2.45) is 11.7 Å². The molecule has 2 unspecified atom stereocenters. The summed E-state index contributed by atoms with van der Waals surface area (Å²) in [6.07, 6.45) is 3.37. The molecule has 2 atom stereocenters. The van der Waals surface area contributed by atoms with E-state index in [4.69, 9.17) is 10.5 Å². The molecule has 1 fully saturated rings. The molecule has 0 aromatic rings. The second-order valence-electron chi connectivity index (χ2n) is 5.77. The summed E-state index contributed by atoms with van der Waals surface area (Å²) in [5.41, 5.74) is 5.16. The van der Waals surface area contributed by atoms with E-state index in [1.165, 1.54) is 13.5 Å². The molecule has 0 aliphatic carbocycles. The molecular formula is C18H37N3O4. The number of nitrogens with zero attached hydrogens (tertiary/aromatic N) is 1. The molecule has 7 heteroatoms. The second kappa shape index (κ2) is 15.9. The Bertz CT molecular complexity index is 389. The molecule has 1 rings (SSSR count). The summed E-state index contributed by atoms with van der Waals surface area (Å²) in [6, 6.07) is -0.429. The number of nitrogens with two attached hydrogens (primary N) is 1. The zero-order chi connectivity index (χ0) is 19.8. The van der Waals surface area contributed by atoms with E-state index in [1.807, 2.05) is 13.8 Å². The van der Waals surface area contributed by atoms with Crippen LogP contribution in [0.5, 0.6) is 0 Å². The zero-order valence-electron chi connectivity index (χ0n) is 16.8. The van der Waals surface area contributed by atoms with Crippen molar-refractivity contribution in [2.75, 3.05) is 20.4 Å². The summed E-state index contributed by atoms with van der Waals surface area (Å²) in [7, 11) is 1.49. The Kier molecular flexibility index (Phi) is 16.3. The summed E-state index contributed by atoms with van der Waals surface area (Å²) < 4.78 is 4.79. The molecule has 148 valence electrons. The Labute approximate surface area is 152 Å². The van der Waals surface area contributed by atoms with Crippen LogP contribution in [0.3, 0.4) is 0 Å². The van der Waals surface area contributed by atoms with Crippen molar-refractivity contribution in [1.29, 1.82) is 0 Å². The van der Waals surface area contributed by atoms with Gasteiger partial charge in [0.1, 0.15) is 12.8 Å². The standard InChI is InChI=1S/C13H23N3O4.C3H8.C2H6/c1-9(12(14)18)5-6-11(17)16-7-3-4-10(16)13(19)15-8-20-2;1-3-2;1-2/h9-10H,3-8H2,1-2H3,(H2,14,18)(H,15,19);3H2,1-2H3;1-2H3. The highest BCUT2D eigenvalue weighted by atomic mass is 16.5. The van der Waals surface area contributed by atoms with Crippen LogP contribution in [0.25, 0.3) is 0 Å². The molecule has 1 aliphatic heterocycles. The molecule has 0 radical (unpaired) electrons. The molecule has 0 bridgehead atoms. The van der Waals surface area contributed by atoms with Gasteiger partial charge < -0.3 is 20.7 Å². The third kappa shape index (κ3) is 10.8. The normalized spacial score (nSPS) is 16.7. The van der Waals surface area contributed by atoms with Crippen molar-refractivity contribution in [3.05, 3.63) is 0 Å². The van der Waals surface area contributed by atoms with Gasteiger partial charge in [-0.1, -0.05) is 41.0 Å².